The molecule has 6 heteroatoms. The molecule has 0 radical (unpaired) electrons. The molecule has 0 spiro atoms. The van der Waals surface area contributed by atoms with Gasteiger partial charge in [0, 0.05) is 5.02 Å². The van der Waals surface area contributed by atoms with Crippen LogP contribution < -0.4 is 10.1 Å². The summed E-state index contributed by atoms with van der Waals surface area (Å²) in [7, 11) is 1.61. The third-order valence-corrected chi connectivity index (χ3v) is 4.82. The second-order valence-electron chi connectivity index (χ2n) is 5.14. The zero-order valence-electron chi connectivity index (χ0n) is 13.2. The van der Waals surface area contributed by atoms with E-state index in [0.717, 1.165) is 22.6 Å². The van der Waals surface area contributed by atoms with E-state index >= 15 is 0 Å². The zero-order valence-corrected chi connectivity index (χ0v) is 14.7. The fraction of sp³-hybridized carbons (Fsp3) is 0.111. The second kappa shape index (κ2) is 7.11. The summed E-state index contributed by atoms with van der Waals surface area (Å²) in [5.41, 5.74) is 2.52. The molecule has 3 rings (SSSR count). The summed E-state index contributed by atoms with van der Waals surface area (Å²) in [5, 5.41) is 3.97. The molecule has 1 N–H and O–H groups in total. The standard InChI is InChI=1S/C18H15ClN2O2S/c1-11-14(19)7-4-8-15(11)20-18-21-17(22)16(24-18)10-12-5-3-6-13(9-12)23-2/h3-10H,1-2H3,(H,20,21,22). The van der Waals surface area contributed by atoms with Crippen LogP contribution in [0.3, 0.4) is 0 Å². The van der Waals surface area contributed by atoms with Gasteiger partial charge in [-0.1, -0.05) is 29.8 Å². The van der Waals surface area contributed by atoms with Crippen molar-refractivity contribution in [3.8, 4) is 5.75 Å². The number of carbonyl (C=O) groups is 1. The first kappa shape index (κ1) is 16.6. The number of methoxy groups -OCH3 is 1. The van der Waals surface area contributed by atoms with Gasteiger partial charge in [0.1, 0.15) is 5.75 Å². The van der Waals surface area contributed by atoms with E-state index in [1.165, 1.54) is 11.8 Å². The smallest absolute Gasteiger partial charge is 0.264 e. The predicted molar refractivity (Wildman–Crippen MR) is 100.0 cm³/mol. The first-order chi connectivity index (χ1) is 11.6. The lowest BCUT2D eigenvalue weighted by molar-refractivity contribution is -0.115. The number of amidine groups is 1. The molecule has 1 heterocycles. The van der Waals surface area contributed by atoms with E-state index in [0.29, 0.717) is 15.1 Å². The molecule has 4 nitrogen and oxygen atoms in total. The molecular weight excluding hydrogens is 344 g/mol. The number of nitrogens with one attached hydrogen (secondary N) is 1. The third-order valence-electron chi connectivity index (χ3n) is 3.50. The highest BCUT2D eigenvalue weighted by molar-refractivity contribution is 8.18. The molecule has 1 amide bonds. The summed E-state index contributed by atoms with van der Waals surface area (Å²) in [5.74, 6) is 0.581. The largest absolute Gasteiger partial charge is 0.497 e. The Hall–Kier alpha value is -2.24. The summed E-state index contributed by atoms with van der Waals surface area (Å²) in [6, 6.07) is 13.0. The highest BCUT2D eigenvalue weighted by atomic mass is 35.5. The van der Waals surface area contributed by atoms with Gasteiger partial charge in [-0.15, -0.1) is 0 Å². The average molecular weight is 359 g/mol. The molecule has 1 saturated heterocycles. The maximum atomic E-state index is 12.1. The number of ether oxygens (including phenoxy) is 1. The van der Waals surface area contributed by atoms with Crippen molar-refractivity contribution in [2.75, 3.05) is 7.11 Å². The molecular formula is C18H15ClN2O2S. The van der Waals surface area contributed by atoms with Crippen molar-refractivity contribution in [3.05, 3.63) is 63.5 Å². The van der Waals surface area contributed by atoms with Crippen molar-refractivity contribution < 1.29 is 9.53 Å². The Morgan fingerprint density at radius 1 is 1.25 bits per heavy atom. The molecule has 122 valence electrons. The number of carbonyl (C=O) groups excluding carboxylic acids is 1. The van der Waals surface area contributed by atoms with Crippen molar-refractivity contribution in [1.29, 1.82) is 0 Å². The summed E-state index contributed by atoms with van der Waals surface area (Å²) in [6.07, 6.45) is 1.82. The summed E-state index contributed by atoms with van der Waals surface area (Å²) in [4.78, 5) is 17.2. The highest BCUT2D eigenvalue weighted by Gasteiger charge is 2.24. The van der Waals surface area contributed by atoms with E-state index in [9.17, 15) is 4.79 Å². The summed E-state index contributed by atoms with van der Waals surface area (Å²) < 4.78 is 5.20. The van der Waals surface area contributed by atoms with Gasteiger partial charge >= 0.3 is 0 Å². The van der Waals surface area contributed by atoms with Crippen molar-refractivity contribution >= 4 is 46.2 Å². The average Bonchev–Trinajstić information content (AvgIpc) is 2.91. The van der Waals surface area contributed by atoms with Crippen molar-refractivity contribution in [3.63, 3.8) is 0 Å². The number of amides is 1. The second-order valence-corrected chi connectivity index (χ2v) is 6.58. The van der Waals surface area contributed by atoms with Gasteiger partial charge in [0.25, 0.3) is 5.91 Å². The van der Waals surface area contributed by atoms with Crippen LogP contribution in [-0.4, -0.2) is 18.2 Å². The van der Waals surface area contributed by atoms with Crippen LogP contribution >= 0.6 is 23.4 Å². The fourth-order valence-corrected chi connectivity index (χ4v) is 3.19. The molecule has 0 aromatic heterocycles. The van der Waals surface area contributed by atoms with Crippen LogP contribution in [0.25, 0.3) is 6.08 Å². The minimum Gasteiger partial charge on any atom is -0.497 e. The molecule has 0 aliphatic carbocycles. The molecule has 0 bridgehead atoms. The lowest BCUT2D eigenvalue weighted by Gasteiger charge is -2.02. The maximum Gasteiger partial charge on any atom is 0.264 e. The maximum absolute atomic E-state index is 12.1. The lowest BCUT2D eigenvalue weighted by atomic mass is 10.2. The summed E-state index contributed by atoms with van der Waals surface area (Å²) in [6.45, 7) is 1.90. The number of thioether (sulfide) groups is 1. The number of aliphatic imine (C=N–C) groups is 1. The SMILES string of the molecule is COc1cccc(C=C2SC(=Nc3cccc(Cl)c3C)NC2=O)c1. The Labute approximate surface area is 149 Å². The van der Waals surface area contributed by atoms with E-state index in [1.54, 1.807) is 7.11 Å². The van der Waals surface area contributed by atoms with Gasteiger partial charge in [-0.25, -0.2) is 4.99 Å². The Balaban J connectivity index is 1.86. The van der Waals surface area contributed by atoms with Crippen LogP contribution in [0.4, 0.5) is 5.69 Å². The number of rotatable bonds is 3. The van der Waals surface area contributed by atoms with Crippen molar-refractivity contribution in [2.24, 2.45) is 4.99 Å². The van der Waals surface area contributed by atoms with Crippen LogP contribution in [0.5, 0.6) is 5.75 Å². The topological polar surface area (TPSA) is 50.7 Å². The van der Waals surface area contributed by atoms with E-state index in [4.69, 9.17) is 16.3 Å². The molecule has 0 atom stereocenters. The number of hydrogen-bond acceptors (Lipinski definition) is 4. The molecule has 0 unspecified atom stereocenters. The quantitative estimate of drug-likeness (QED) is 0.819. The number of nitrogens with zero attached hydrogens (tertiary/aromatic N) is 1. The van der Waals surface area contributed by atoms with Crippen LogP contribution in [0.2, 0.25) is 5.02 Å². The minimum atomic E-state index is -0.166. The van der Waals surface area contributed by atoms with Crippen LogP contribution in [0.1, 0.15) is 11.1 Å². The van der Waals surface area contributed by atoms with Gasteiger partial charge in [-0.2, -0.15) is 0 Å². The van der Waals surface area contributed by atoms with Gasteiger partial charge in [0.2, 0.25) is 0 Å². The Kier molecular flexibility index (Phi) is 4.92. The lowest BCUT2D eigenvalue weighted by Crippen LogP contribution is -2.19. The minimum absolute atomic E-state index is 0.166. The van der Waals surface area contributed by atoms with Crippen molar-refractivity contribution in [2.45, 2.75) is 6.92 Å². The number of halogens is 1. The molecule has 0 saturated carbocycles. The monoisotopic (exact) mass is 358 g/mol. The Morgan fingerprint density at radius 2 is 2.04 bits per heavy atom. The first-order valence-corrected chi connectivity index (χ1v) is 8.45. The molecule has 1 aliphatic rings. The normalized spacial score (nSPS) is 17.4. The van der Waals surface area contributed by atoms with Crippen LogP contribution in [0, 0.1) is 6.92 Å². The van der Waals surface area contributed by atoms with Crippen LogP contribution in [-0.2, 0) is 4.79 Å². The first-order valence-electron chi connectivity index (χ1n) is 7.25. The predicted octanol–water partition coefficient (Wildman–Crippen LogP) is 4.55. The molecule has 1 aliphatic heterocycles. The zero-order chi connectivity index (χ0) is 17.1. The molecule has 24 heavy (non-hydrogen) atoms. The van der Waals surface area contributed by atoms with E-state index in [2.05, 4.69) is 10.3 Å². The Bertz CT molecular complexity index is 862. The molecule has 2 aromatic rings. The number of hydrogen-bond donors (Lipinski definition) is 1. The van der Waals surface area contributed by atoms with Gasteiger partial charge in [0.05, 0.1) is 17.7 Å². The van der Waals surface area contributed by atoms with Gasteiger partial charge in [-0.05, 0) is 60.2 Å². The summed E-state index contributed by atoms with van der Waals surface area (Å²) >= 11 is 7.41. The van der Waals surface area contributed by atoms with E-state index < -0.39 is 0 Å². The fourth-order valence-electron chi connectivity index (χ4n) is 2.19. The van der Waals surface area contributed by atoms with E-state index in [-0.39, 0.29) is 5.91 Å². The molecule has 1 fully saturated rings. The highest BCUT2D eigenvalue weighted by Crippen LogP contribution is 2.31. The third kappa shape index (κ3) is 3.63. The molecule has 2 aromatic carbocycles. The Morgan fingerprint density at radius 3 is 2.83 bits per heavy atom. The number of benzene rings is 2. The van der Waals surface area contributed by atoms with Gasteiger partial charge in [0.15, 0.2) is 5.17 Å². The van der Waals surface area contributed by atoms with Gasteiger partial charge in [-0.3, -0.25) is 4.79 Å². The van der Waals surface area contributed by atoms with Gasteiger partial charge < -0.3 is 10.1 Å². The van der Waals surface area contributed by atoms with Crippen LogP contribution in [0.15, 0.2) is 52.4 Å². The van der Waals surface area contributed by atoms with E-state index in [1.807, 2.05) is 55.5 Å². The van der Waals surface area contributed by atoms with Crippen molar-refractivity contribution in [1.82, 2.24) is 5.32 Å².